The summed E-state index contributed by atoms with van der Waals surface area (Å²) in [5.74, 6) is 0. The number of pyridine rings is 1. The van der Waals surface area contributed by atoms with Gasteiger partial charge in [0, 0.05) is 11.9 Å². The van der Waals surface area contributed by atoms with Crippen molar-refractivity contribution in [2.45, 2.75) is 180 Å². The Labute approximate surface area is 215 Å². The number of aryl methyl sites for hydroxylation is 1. The molecule has 0 unspecified atom stereocenters. The van der Waals surface area contributed by atoms with Crippen LogP contribution in [0.25, 0.3) is 0 Å². The van der Waals surface area contributed by atoms with E-state index in [9.17, 15) is 0 Å². The van der Waals surface area contributed by atoms with Crippen LogP contribution in [0.2, 0.25) is 0 Å². The predicted molar refractivity (Wildman–Crippen MR) is 154 cm³/mol. The highest BCUT2D eigenvalue weighted by atomic mass is 14.7. The number of unbranched alkanes of at least 4 members (excludes halogenated alkanes) is 25. The van der Waals surface area contributed by atoms with Crippen LogP contribution in [0.3, 0.4) is 0 Å². The first-order valence-electron chi connectivity index (χ1n) is 15.8. The largest absolute Gasteiger partial charge is 0.261 e. The molecule has 0 aliphatic rings. The Kier molecular flexibility index (Phi) is 24.5. The first-order chi connectivity index (χ1) is 16.9. The summed E-state index contributed by atoms with van der Waals surface area (Å²) in [5.41, 5.74) is 1.26. The normalized spacial score (nSPS) is 11.3. The first kappa shape index (κ1) is 31.2. The van der Waals surface area contributed by atoms with E-state index in [1.54, 1.807) is 0 Å². The molecule has 0 spiro atoms. The average molecular weight is 472 g/mol. The van der Waals surface area contributed by atoms with Crippen LogP contribution in [0.15, 0.2) is 24.4 Å². The van der Waals surface area contributed by atoms with Crippen LogP contribution in [0.1, 0.15) is 180 Å². The molecule has 1 rings (SSSR count). The van der Waals surface area contributed by atoms with Gasteiger partial charge in [-0.3, -0.25) is 4.98 Å². The molecule has 0 radical (unpaired) electrons. The van der Waals surface area contributed by atoms with Gasteiger partial charge in [0.2, 0.25) is 0 Å². The van der Waals surface area contributed by atoms with Crippen molar-refractivity contribution in [3.8, 4) is 0 Å². The summed E-state index contributed by atoms with van der Waals surface area (Å²) in [6.07, 6.45) is 40.9. The maximum atomic E-state index is 4.41. The SMILES string of the molecule is CCCCCCCCCCCCCCCCCCCCCCCCCCCCc1ccccn1. The molecule has 1 heteroatoms. The Morgan fingerprint density at radius 2 is 0.735 bits per heavy atom. The van der Waals surface area contributed by atoms with Gasteiger partial charge < -0.3 is 0 Å². The summed E-state index contributed by atoms with van der Waals surface area (Å²) < 4.78 is 0. The molecule has 1 nitrogen and oxygen atoms in total. The smallest absolute Gasteiger partial charge is 0.0403 e. The van der Waals surface area contributed by atoms with Gasteiger partial charge in [0.15, 0.2) is 0 Å². The fraction of sp³-hybridized carbons (Fsp3) is 0.848. The minimum absolute atomic E-state index is 1.15. The van der Waals surface area contributed by atoms with Crippen LogP contribution < -0.4 is 0 Å². The Balaban J connectivity index is 1.64. The number of rotatable bonds is 27. The molecule has 1 aromatic rings. The van der Waals surface area contributed by atoms with Crippen LogP contribution in [0.4, 0.5) is 0 Å². The molecule has 0 aliphatic carbocycles. The summed E-state index contributed by atoms with van der Waals surface area (Å²) in [7, 11) is 0. The van der Waals surface area contributed by atoms with Crippen molar-refractivity contribution in [3.63, 3.8) is 0 Å². The van der Waals surface area contributed by atoms with Crippen molar-refractivity contribution >= 4 is 0 Å². The van der Waals surface area contributed by atoms with E-state index in [4.69, 9.17) is 0 Å². The zero-order chi connectivity index (χ0) is 24.2. The summed E-state index contributed by atoms with van der Waals surface area (Å²) in [6, 6.07) is 6.26. The van der Waals surface area contributed by atoms with Gasteiger partial charge in [-0.15, -0.1) is 0 Å². The molecule has 0 aliphatic heterocycles. The molecule has 0 fully saturated rings. The van der Waals surface area contributed by atoms with Crippen molar-refractivity contribution in [3.05, 3.63) is 30.1 Å². The molecule has 0 amide bonds. The quantitative estimate of drug-likeness (QED) is 0.116. The minimum atomic E-state index is 1.15. The standard InChI is InChI=1S/C33H61N/c1-2-3-4-5-6-7-8-9-10-11-12-13-14-15-16-17-18-19-20-21-22-23-24-25-26-27-30-33-31-28-29-32-34-33/h28-29,31-32H,2-27,30H2,1H3. The van der Waals surface area contributed by atoms with Crippen LogP contribution in [-0.2, 0) is 6.42 Å². The summed E-state index contributed by atoms with van der Waals surface area (Å²) in [6.45, 7) is 2.30. The van der Waals surface area contributed by atoms with E-state index in [0.717, 1.165) is 6.42 Å². The third kappa shape index (κ3) is 22.9. The molecule has 0 aromatic carbocycles. The number of aromatic nitrogens is 1. The summed E-state index contributed by atoms with van der Waals surface area (Å²) in [5, 5.41) is 0. The monoisotopic (exact) mass is 471 g/mol. The summed E-state index contributed by atoms with van der Waals surface area (Å²) in [4.78, 5) is 4.41. The lowest BCUT2D eigenvalue weighted by atomic mass is 10.0. The molecule has 0 bridgehead atoms. The highest BCUT2D eigenvalue weighted by molar-refractivity contribution is 5.03. The molecule has 0 N–H and O–H groups in total. The minimum Gasteiger partial charge on any atom is -0.261 e. The number of hydrogen-bond donors (Lipinski definition) is 0. The zero-order valence-electron chi connectivity index (χ0n) is 23.3. The molecule has 34 heavy (non-hydrogen) atoms. The van der Waals surface area contributed by atoms with Crippen LogP contribution in [-0.4, -0.2) is 4.98 Å². The third-order valence-corrected chi connectivity index (χ3v) is 7.51. The topological polar surface area (TPSA) is 12.9 Å². The van der Waals surface area contributed by atoms with Gasteiger partial charge in [-0.25, -0.2) is 0 Å². The second-order valence-corrected chi connectivity index (χ2v) is 10.9. The molecule has 0 saturated heterocycles. The number of nitrogens with zero attached hydrogens (tertiary/aromatic N) is 1. The third-order valence-electron chi connectivity index (χ3n) is 7.51. The van der Waals surface area contributed by atoms with Gasteiger partial charge in [-0.05, 0) is 25.0 Å². The van der Waals surface area contributed by atoms with E-state index in [1.807, 2.05) is 12.3 Å². The first-order valence-corrected chi connectivity index (χ1v) is 15.8. The highest BCUT2D eigenvalue weighted by Crippen LogP contribution is 2.16. The van der Waals surface area contributed by atoms with Gasteiger partial charge in [0.1, 0.15) is 0 Å². The van der Waals surface area contributed by atoms with Crippen molar-refractivity contribution < 1.29 is 0 Å². The molecule has 0 atom stereocenters. The van der Waals surface area contributed by atoms with E-state index in [1.165, 1.54) is 173 Å². The average Bonchev–Trinajstić information content (AvgIpc) is 2.87. The fourth-order valence-electron chi connectivity index (χ4n) is 5.17. The van der Waals surface area contributed by atoms with Gasteiger partial charge in [-0.1, -0.05) is 174 Å². The zero-order valence-corrected chi connectivity index (χ0v) is 23.3. The van der Waals surface area contributed by atoms with E-state index in [2.05, 4.69) is 24.0 Å². The molecule has 0 saturated carbocycles. The van der Waals surface area contributed by atoms with Crippen molar-refractivity contribution in [2.24, 2.45) is 0 Å². The Morgan fingerprint density at radius 3 is 1.03 bits per heavy atom. The predicted octanol–water partition coefficient (Wildman–Crippen LogP) is 11.8. The highest BCUT2D eigenvalue weighted by Gasteiger charge is 1.97. The molecular weight excluding hydrogens is 410 g/mol. The van der Waals surface area contributed by atoms with Crippen molar-refractivity contribution in [1.29, 1.82) is 0 Å². The van der Waals surface area contributed by atoms with Gasteiger partial charge in [-0.2, -0.15) is 0 Å². The Morgan fingerprint density at radius 1 is 0.412 bits per heavy atom. The van der Waals surface area contributed by atoms with Crippen molar-refractivity contribution in [1.82, 2.24) is 4.98 Å². The lowest BCUT2D eigenvalue weighted by Gasteiger charge is -2.04. The Hall–Kier alpha value is -0.850. The van der Waals surface area contributed by atoms with Crippen LogP contribution >= 0.6 is 0 Å². The fourth-order valence-corrected chi connectivity index (χ4v) is 5.17. The van der Waals surface area contributed by atoms with Gasteiger partial charge >= 0.3 is 0 Å². The van der Waals surface area contributed by atoms with Gasteiger partial charge in [0.25, 0.3) is 0 Å². The summed E-state index contributed by atoms with van der Waals surface area (Å²) >= 11 is 0. The van der Waals surface area contributed by atoms with E-state index in [-0.39, 0.29) is 0 Å². The Bertz CT molecular complexity index is 483. The van der Waals surface area contributed by atoms with Gasteiger partial charge in [0.05, 0.1) is 0 Å². The van der Waals surface area contributed by atoms with Crippen molar-refractivity contribution in [2.75, 3.05) is 0 Å². The van der Waals surface area contributed by atoms with Crippen LogP contribution in [0.5, 0.6) is 0 Å². The second-order valence-electron chi connectivity index (χ2n) is 10.9. The maximum Gasteiger partial charge on any atom is 0.0403 e. The number of hydrogen-bond acceptors (Lipinski definition) is 1. The lowest BCUT2D eigenvalue weighted by molar-refractivity contribution is 0.515. The van der Waals surface area contributed by atoms with E-state index in [0.29, 0.717) is 0 Å². The maximum absolute atomic E-state index is 4.41. The molecule has 1 heterocycles. The van der Waals surface area contributed by atoms with E-state index >= 15 is 0 Å². The van der Waals surface area contributed by atoms with E-state index < -0.39 is 0 Å². The molecule has 1 aromatic heterocycles. The lowest BCUT2D eigenvalue weighted by Crippen LogP contribution is -1.89. The second kappa shape index (κ2) is 26.7. The van der Waals surface area contributed by atoms with Crippen LogP contribution in [0, 0.1) is 0 Å². The molecular formula is C33H61N. The molecule has 198 valence electrons.